The SMILES string of the molecule is CCCNC(c1c(F)cc(OC)cc1F)C1C2CCCC21. The van der Waals surface area contributed by atoms with Gasteiger partial charge in [-0.05, 0) is 43.6 Å². The van der Waals surface area contributed by atoms with Crippen molar-refractivity contribution in [2.75, 3.05) is 13.7 Å². The fraction of sp³-hybridized carbons (Fsp3) is 0.647. The first-order chi connectivity index (χ1) is 10.2. The number of hydrogen-bond acceptors (Lipinski definition) is 2. The minimum Gasteiger partial charge on any atom is -0.497 e. The second-order valence-electron chi connectivity index (χ2n) is 6.27. The maximum Gasteiger partial charge on any atom is 0.134 e. The van der Waals surface area contributed by atoms with E-state index in [0.717, 1.165) is 13.0 Å². The number of nitrogens with one attached hydrogen (secondary N) is 1. The molecule has 4 heteroatoms. The monoisotopic (exact) mass is 295 g/mol. The second-order valence-corrected chi connectivity index (χ2v) is 6.27. The fourth-order valence-electron chi connectivity index (χ4n) is 4.08. The topological polar surface area (TPSA) is 21.3 Å². The molecule has 3 unspecified atom stereocenters. The minimum absolute atomic E-state index is 0.198. The van der Waals surface area contributed by atoms with Crippen molar-refractivity contribution in [3.8, 4) is 5.75 Å². The predicted molar refractivity (Wildman–Crippen MR) is 78.3 cm³/mol. The number of halogens is 2. The zero-order valence-corrected chi connectivity index (χ0v) is 12.7. The first-order valence-corrected chi connectivity index (χ1v) is 7.93. The largest absolute Gasteiger partial charge is 0.497 e. The van der Waals surface area contributed by atoms with Gasteiger partial charge < -0.3 is 10.1 Å². The molecule has 1 aromatic rings. The number of methoxy groups -OCH3 is 1. The number of fused-ring (bicyclic) bond motifs is 1. The summed E-state index contributed by atoms with van der Waals surface area (Å²) in [5, 5.41) is 3.37. The van der Waals surface area contributed by atoms with Crippen LogP contribution in [0, 0.1) is 29.4 Å². The average Bonchev–Trinajstić information content (AvgIpc) is 2.92. The smallest absolute Gasteiger partial charge is 0.134 e. The highest BCUT2D eigenvalue weighted by atomic mass is 19.1. The van der Waals surface area contributed by atoms with Crippen molar-refractivity contribution in [3.05, 3.63) is 29.3 Å². The lowest BCUT2D eigenvalue weighted by atomic mass is 9.95. The predicted octanol–water partition coefficient (Wildman–Crippen LogP) is 4.06. The van der Waals surface area contributed by atoms with Gasteiger partial charge in [0.15, 0.2) is 0 Å². The summed E-state index contributed by atoms with van der Waals surface area (Å²) >= 11 is 0. The lowest BCUT2D eigenvalue weighted by Crippen LogP contribution is -2.27. The van der Waals surface area contributed by atoms with Crippen LogP contribution in [0.25, 0.3) is 0 Å². The quantitative estimate of drug-likeness (QED) is 0.854. The summed E-state index contributed by atoms with van der Waals surface area (Å²) in [6, 6.07) is 2.38. The van der Waals surface area contributed by atoms with Crippen molar-refractivity contribution < 1.29 is 13.5 Å². The van der Waals surface area contributed by atoms with Gasteiger partial charge in [-0.2, -0.15) is 0 Å². The molecule has 0 radical (unpaired) electrons. The summed E-state index contributed by atoms with van der Waals surface area (Å²) in [6.07, 6.45) is 4.63. The van der Waals surface area contributed by atoms with E-state index in [2.05, 4.69) is 12.2 Å². The Balaban J connectivity index is 1.89. The van der Waals surface area contributed by atoms with Crippen LogP contribution >= 0.6 is 0 Å². The van der Waals surface area contributed by atoms with Crippen molar-refractivity contribution in [2.24, 2.45) is 17.8 Å². The van der Waals surface area contributed by atoms with Crippen LogP contribution in [0.1, 0.15) is 44.2 Å². The summed E-state index contributed by atoms with van der Waals surface area (Å²) in [7, 11) is 1.42. The normalized spacial score (nSPS) is 28.3. The number of benzene rings is 1. The molecule has 0 amide bonds. The summed E-state index contributed by atoms with van der Waals surface area (Å²) < 4.78 is 33.7. The first-order valence-electron chi connectivity index (χ1n) is 7.93. The molecule has 0 aromatic heterocycles. The Kier molecular flexibility index (Phi) is 4.16. The molecule has 2 fully saturated rings. The molecule has 0 saturated heterocycles. The summed E-state index contributed by atoms with van der Waals surface area (Å²) in [5.41, 5.74) is 0.198. The molecule has 2 nitrogen and oxygen atoms in total. The van der Waals surface area contributed by atoms with Crippen LogP contribution in [-0.2, 0) is 0 Å². The van der Waals surface area contributed by atoms with Crippen LogP contribution in [0.4, 0.5) is 8.78 Å². The molecule has 1 N–H and O–H groups in total. The van der Waals surface area contributed by atoms with Crippen LogP contribution < -0.4 is 10.1 Å². The highest BCUT2D eigenvalue weighted by Crippen LogP contribution is 2.62. The Morgan fingerprint density at radius 1 is 1.24 bits per heavy atom. The van der Waals surface area contributed by atoms with Gasteiger partial charge in [0, 0.05) is 23.7 Å². The third-order valence-electron chi connectivity index (χ3n) is 5.07. The fourth-order valence-corrected chi connectivity index (χ4v) is 4.08. The molecule has 0 spiro atoms. The molecule has 116 valence electrons. The molecular weight excluding hydrogens is 272 g/mol. The minimum atomic E-state index is -0.495. The van der Waals surface area contributed by atoms with Crippen LogP contribution in [0.15, 0.2) is 12.1 Å². The zero-order chi connectivity index (χ0) is 15.0. The van der Waals surface area contributed by atoms with Crippen LogP contribution in [-0.4, -0.2) is 13.7 Å². The standard InChI is InChI=1S/C17H23F2NO/c1-3-7-20-17(15-11-5-4-6-12(11)15)16-13(18)8-10(21-2)9-14(16)19/h8-9,11-12,15,17,20H,3-7H2,1-2H3. The van der Waals surface area contributed by atoms with Gasteiger partial charge in [-0.3, -0.25) is 0 Å². The Hall–Kier alpha value is -1.16. The number of hydrogen-bond donors (Lipinski definition) is 1. The van der Waals surface area contributed by atoms with Gasteiger partial charge >= 0.3 is 0 Å². The third-order valence-corrected chi connectivity index (χ3v) is 5.07. The van der Waals surface area contributed by atoms with Gasteiger partial charge in [-0.25, -0.2) is 8.78 Å². The molecule has 2 aliphatic carbocycles. The van der Waals surface area contributed by atoms with E-state index in [0.29, 0.717) is 17.8 Å². The van der Waals surface area contributed by atoms with Crippen LogP contribution in [0.3, 0.4) is 0 Å². The van der Waals surface area contributed by atoms with Crippen molar-refractivity contribution in [1.82, 2.24) is 5.32 Å². The molecule has 2 saturated carbocycles. The second kappa shape index (κ2) is 5.91. The van der Waals surface area contributed by atoms with Gasteiger partial charge in [-0.15, -0.1) is 0 Å². The molecule has 3 atom stereocenters. The molecule has 21 heavy (non-hydrogen) atoms. The van der Waals surface area contributed by atoms with E-state index in [4.69, 9.17) is 4.74 Å². The molecule has 2 aliphatic rings. The maximum atomic E-state index is 14.4. The molecule has 1 aromatic carbocycles. The maximum absolute atomic E-state index is 14.4. The van der Waals surface area contributed by atoms with E-state index in [1.807, 2.05) is 0 Å². The number of rotatable bonds is 6. The summed E-state index contributed by atoms with van der Waals surface area (Å²) in [6.45, 7) is 2.85. The Labute approximate surface area is 124 Å². The molecule has 3 rings (SSSR count). The molecule has 0 heterocycles. The zero-order valence-electron chi connectivity index (χ0n) is 12.7. The van der Waals surface area contributed by atoms with E-state index in [1.165, 1.54) is 38.5 Å². The first kappa shape index (κ1) is 14.8. The van der Waals surface area contributed by atoms with Gasteiger partial charge in [0.05, 0.1) is 7.11 Å². The highest BCUT2D eigenvalue weighted by Gasteiger charge is 2.56. The lowest BCUT2D eigenvalue weighted by Gasteiger charge is -2.22. The van der Waals surface area contributed by atoms with Crippen LogP contribution in [0.5, 0.6) is 5.75 Å². The van der Waals surface area contributed by atoms with E-state index >= 15 is 0 Å². The van der Waals surface area contributed by atoms with Crippen molar-refractivity contribution in [2.45, 2.75) is 38.6 Å². The molecular formula is C17H23F2NO. The van der Waals surface area contributed by atoms with Crippen molar-refractivity contribution in [1.29, 1.82) is 0 Å². The van der Waals surface area contributed by atoms with E-state index in [-0.39, 0.29) is 17.4 Å². The Bertz CT molecular complexity index is 487. The van der Waals surface area contributed by atoms with Crippen molar-refractivity contribution in [3.63, 3.8) is 0 Å². The molecule has 0 aliphatic heterocycles. The van der Waals surface area contributed by atoms with Crippen LogP contribution in [0.2, 0.25) is 0 Å². The number of ether oxygens (including phenoxy) is 1. The van der Waals surface area contributed by atoms with Gasteiger partial charge in [-0.1, -0.05) is 13.3 Å². The van der Waals surface area contributed by atoms with Gasteiger partial charge in [0.1, 0.15) is 17.4 Å². The molecule has 0 bridgehead atoms. The summed E-state index contributed by atoms with van der Waals surface area (Å²) in [4.78, 5) is 0. The van der Waals surface area contributed by atoms with E-state index in [9.17, 15) is 8.78 Å². The summed E-state index contributed by atoms with van der Waals surface area (Å²) in [5.74, 6) is 0.943. The van der Waals surface area contributed by atoms with E-state index < -0.39 is 11.6 Å². The lowest BCUT2D eigenvalue weighted by molar-refractivity contribution is 0.376. The third kappa shape index (κ3) is 2.66. The van der Waals surface area contributed by atoms with E-state index in [1.54, 1.807) is 0 Å². The average molecular weight is 295 g/mol. The van der Waals surface area contributed by atoms with Gasteiger partial charge in [0.2, 0.25) is 0 Å². The van der Waals surface area contributed by atoms with Crippen molar-refractivity contribution >= 4 is 0 Å². The Morgan fingerprint density at radius 2 is 1.86 bits per heavy atom. The highest BCUT2D eigenvalue weighted by molar-refractivity contribution is 5.34. The Morgan fingerprint density at radius 3 is 2.38 bits per heavy atom. The van der Waals surface area contributed by atoms with Gasteiger partial charge in [0.25, 0.3) is 0 Å².